The molecule has 0 saturated heterocycles. The molecule has 1 N–H and O–H groups in total. The van der Waals surface area contributed by atoms with Crippen LogP contribution < -0.4 is 0 Å². The van der Waals surface area contributed by atoms with E-state index >= 15 is 0 Å². The van der Waals surface area contributed by atoms with Crippen molar-refractivity contribution in [3.63, 3.8) is 0 Å². The molecule has 0 unspecified atom stereocenters. The first-order valence-corrected chi connectivity index (χ1v) is 8.53. The van der Waals surface area contributed by atoms with Gasteiger partial charge >= 0.3 is 0 Å². The normalized spacial score (nSPS) is 14.0. The third-order valence-electron chi connectivity index (χ3n) is 4.49. The third kappa shape index (κ3) is 3.25. The van der Waals surface area contributed by atoms with Crippen molar-refractivity contribution in [1.82, 2.24) is 19.7 Å². The van der Waals surface area contributed by atoms with Gasteiger partial charge in [-0.2, -0.15) is 5.10 Å². The lowest BCUT2D eigenvalue weighted by molar-refractivity contribution is 0.0707. The molecule has 1 fully saturated rings. The fraction of sp³-hybridized carbons (Fsp3) is 0.316. The summed E-state index contributed by atoms with van der Waals surface area (Å²) in [7, 11) is 0. The molecule has 1 aromatic carbocycles. The number of hydrogen-bond acceptors (Lipinski definition) is 4. The average Bonchev–Trinajstić information content (AvgIpc) is 3.41. The monoisotopic (exact) mass is 336 g/mol. The molecule has 0 aliphatic heterocycles. The molecule has 6 heteroatoms. The number of carbonyl (C=O) groups is 1. The van der Waals surface area contributed by atoms with E-state index < -0.39 is 0 Å². The van der Waals surface area contributed by atoms with E-state index in [1.54, 1.807) is 17.3 Å². The van der Waals surface area contributed by atoms with E-state index in [1.807, 2.05) is 41.1 Å². The minimum absolute atomic E-state index is 0.0209. The second-order valence-electron chi connectivity index (χ2n) is 6.38. The number of hydrogen-bond donors (Lipinski definition) is 1. The predicted molar refractivity (Wildman–Crippen MR) is 94.2 cm³/mol. The van der Waals surface area contributed by atoms with Crippen molar-refractivity contribution in [1.29, 1.82) is 0 Å². The number of aliphatic hydroxyl groups excluding tert-OH is 1. The Bertz CT molecular complexity index is 887. The molecule has 25 heavy (non-hydrogen) atoms. The highest BCUT2D eigenvalue weighted by Gasteiger charge is 2.32. The predicted octanol–water partition coefficient (Wildman–Crippen LogP) is 2.08. The first-order chi connectivity index (χ1) is 12.3. The molecule has 0 bridgehead atoms. The zero-order chi connectivity index (χ0) is 17.2. The summed E-state index contributed by atoms with van der Waals surface area (Å²) in [5, 5.41) is 14.5. The lowest BCUT2D eigenvalue weighted by atomic mass is 10.2. The average molecular weight is 336 g/mol. The van der Waals surface area contributed by atoms with E-state index in [0.717, 1.165) is 29.4 Å². The number of aliphatic hydroxyl groups is 1. The Kier molecular flexibility index (Phi) is 4.19. The second-order valence-corrected chi connectivity index (χ2v) is 6.38. The molecule has 3 aromatic rings. The maximum Gasteiger partial charge on any atom is 0.255 e. The van der Waals surface area contributed by atoms with Crippen LogP contribution in [0.2, 0.25) is 0 Å². The molecule has 0 spiro atoms. The maximum atomic E-state index is 12.7. The summed E-state index contributed by atoms with van der Waals surface area (Å²) < 4.78 is 1.84. The minimum atomic E-state index is -0.0678. The summed E-state index contributed by atoms with van der Waals surface area (Å²) in [5.74, 6) is -0.0678. The molecule has 128 valence electrons. The maximum absolute atomic E-state index is 12.7. The fourth-order valence-corrected chi connectivity index (χ4v) is 3.07. The molecule has 4 rings (SSSR count). The number of rotatable bonds is 6. The van der Waals surface area contributed by atoms with Crippen LogP contribution >= 0.6 is 0 Å². The summed E-state index contributed by atoms with van der Waals surface area (Å²) in [6, 6.07) is 12.2. The van der Waals surface area contributed by atoms with E-state index in [4.69, 9.17) is 0 Å². The van der Waals surface area contributed by atoms with Gasteiger partial charge in [-0.3, -0.25) is 4.79 Å². The molecule has 1 aliphatic rings. The Balaban J connectivity index is 1.60. The molecule has 2 heterocycles. The summed E-state index contributed by atoms with van der Waals surface area (Å²) in [5.41, 5.74) is 2.46. The highest BCUT2D eigenvalue weighted by atomic mass is 16.3. The zero-order valence-corrected chi connectivity index (χ0v) is 13.9. The van der Waals surface area contributed by atoms with E-state index in [-0.39, 0.29) is 18.6 Å². The van der Waals surface area contributed by atoms with Crippen LogP contribution in [0.3, 0.4) is 0 Å². The molecule has 2 aromatic heterocycles. The first-order valence-electron chi connectivity index (χ1n) is 8.53. The Morgan fingerprint density at radius 2 is 2.04 bits per heavy atom. The molecule has 1 saturated carbocycles. The van der Waals surface area contributed by atoms with Crippen LogP contribution in [-0.2, 0) is 6.54 Å². The molecule has 1 amide bonds. The van der Waals surface area contributed by atoms with Gasteiger partial charge in [0.1, 0.15) is 0 Å². The largest absolute Gasteiger partial charge is 0.395 e. The molecule has 0 atom stereocenters. The van der Waals surface area contributed by atoms with Gasteiger partial charge in [-0.25, -0.2) is 9.67 Å². The lowest BCUT2D eigenvalue weighted by Crippen LogP contribution is -2.35. The quantitative estimate of drug-likeness (QED) is 0.748. The molecule has 0 radical (unpaired) electrons. The van der Waals surface area contributed by atoms with Crippen molar-refractivity contribution < 1.29 is 9.90 Å². The van der Waals surface area contributed by atoms with Crippen LogP contribution in [0, 0.1) is 0 Å². The van der Waals surface area contributed by atoms with Gasteiger partial charge in [0.05, 0.1) is 24.9 Å². The lowest BCUT2D eigenvalue weighted by Gasteiger charge is -2.21. The van der Waals surface area contributed by atoms with Crippen molar-refractivity contribution in [3.8, 4) is 0 Å². The Morgan fingerprint density at radius 3 is 2.76 bits per heavy atom. The van der Waals surface area contributed by atoms with Crippen LogP contribution in [0.15, 0.2) is 48.8 Å². The molecular formula is C19H20N4O2. The highest BCUT2D eigenvalue weighted by molar-refractivity contribution is 5.97. The van der Waals surface area contributed by atoms with E-state index in [2.05, 4.69) is 10.1 Å². The smallest absolute Gasteiger partial charge is 0.255 e. The number of carbonyl (C=O) groups excluding carboxylic acids is 1. The Morgan fingerprint density at radius 1 is 1.24 bits per heavy atom. The summed E-state index contributed by atoms with van der Waals surface area (Å²) in [6.07, 6.45) is 5.38. The van der Waals surface area contributed by atoms with Gasteiger partial charge in [0.25, 0.3) is 5.91 Å². The van der Waals surface area contributed by atoms with Gasteiger partial charge in [-0.1, -0.05) is 30.3 Å². The fourth-order valence-electron chi connectivity index (χ4n) is 3.07. The van der Waals surface area contributed by atoms with Crippen LogP contribution in [0.1, 0.15) is 28.8 Å². The zero-order valence-electron chi connectivity index (χ0n) is 13.9. The van der Waals surface area contributed by atoms with Crippen LogP contribution in [-0.4, -0.2) is 49.9 Å². The summed E-state index contributed by atoms with van der Waals surface area (Å²) in [4.78, 5) is 18.9. The van der Waals surface area contributed by atoms with Crippen molar-refractivity contribution >= 4 is 16.9 Å². The number of benzene rings is 1. The van der Waals surface area contributed by atoms with Gasteiger partial charge in [0.2, 0.25) is 0 Å². The summed E-state index contributed by atoms with van der Waals surface area (Å²) in [6.45, 7) is 0.991. The third-order valence-corrected chi connectivity index (χ3v) is 4.49. The van der Waals surface area contributed by atoms with E-state index in [0.29, 0.717) is 18.7 Å². The number of pyridine rings is 1. The second kappa shape index (κ2) is 6.64. The van der Waals surface area contributed by atoms with Crippen molar-refractivity contribution in [3.05, 3.63) is 59.9 Å². The van der Waals surface area contributed by atoms with Gasteiger partial charge in [0, 0.05) is 24.2 Å². The van der Waals surface area contributed by atoms with E-state index in [9.17, 15) is 9.90 Å². The number of aromatic nitrogens is 3. The first kappa shape index (κ1) is 15.8. The van der Waals surface area contributed by atoms with Gasteiger partial charge in [0.15, 0.2) is 5.65 Å². The van der Waals surface area contributed by atoms with Crippen molar-refractivity contribution in [2.75, 3.05) is 13.2 Å². The number of nitrogens with zero attached hydrogens (tertiary/aromatic N) is 4. The SMILES string of the molecule is O=C(c1cnc2c(cnn2Cc2ccccc2)c1)N(CCO)C1CC1. The molecule has 6 nitrogen and oxygen atoms in total. The number of amides is 1. The van der Waals surface area contributed by atoms with Crippen molar-refractivity contribution in [2.24, 2.45) is 0 Å². The topological polar surface area (TPSA) is 71.2 Å². The van der Waals surface area contributed by atoms with Gasteiger partial charge in [-0.05, 0) is 24.5 Å². The highest BCUT2D eigenvalue weighted by Crippen LogP contribution is 2.28. The van der Waals surface area contributed by atoms with E-state index in [1.165, 1.54) is 0 Å². The van der Waals surface area contributed by atoms with Gasteiger partial charge in [-0.15, -0.1) is 0 Å². The summed E-state index contributed by atoms with van der Waals surface area (Å²) >= 11 is 0. The van der Waals surface area contributed by atoms with Crippen LogP contribution in [0.25, 0.3) is 11.0 Å². The molecular weight excluding hydrogens is 316 g/mol. The standard InChI is InChI=1S/C19H20N4O2/c24-9-8-22(17-6-7-17)19(25)16-10-15-12-21-23(18(15)20-11-16)13-14-4-2-1-3-5-14/h1-5,10-12,17,24H,6-9,13H2. The Hall–Kier alpha value is -2.73. The molecule has 1 aliphatic carbocycles. The number of fused-ring (bicyclic) bond motifs is 1. The van der Waals surface area contributed by atoms with Crippen molar-refractivity contribution in [2.45, 2.75) is 25.4 Å². The van der Waals surface area contributed by atoms with Crippen LogP contribution in [0.4, 0.5) is 0 Å². The van der Waals surface area contributed by atoms with Gasteiger partial charge < -0.3 is 10.0 Å². The Labute approximate surface area is 145 Å². The van der Waals surface area contributed by atoms with Crippen LogP contribution in [0.5, 0.6) is 0 Å². The minimum Gasteiger partial charge on any atom is -0.395 e.